The van der Waals surface area contributed by atoms with Crippen molar-refractivity contribution in [2.75, 3.05) is 0 Å². The van der Waals surface area contributed by atoms with E-state index in [1.807, 2.05) is 49.4 Å². The number of fused-ring (bicyclic) bond motifs is 5. The molecule has 5 rings (SSSR count). The van der Waals surface area contributed by atoms with Gasteiger partial charge in [0.25, 0.3) is 5.56 Å². The van der Waals surface area contributed by atoms with Crippen LogP contribution in [0.3, 0.4) is 0 Å². The summed E-state index contributed by atoms with van der Waals surface area (Å²) in [4.78, 5) is 17.9. The Bertz CT molecular complexity index is 1130. The highest BCUT2D eigenvalue weighted by molar-refractivity contribution is 5.84. The van der Waals surface area contributed by atoms with Gasteiger partial charge in [0.1, 0.15) is 5.60 Å². The molecule has 0 bridgehead atoms. The zero-order valence-electron chi connectivity index (χ0n) is 14.0. The van der Waals surface area contributed by atoms with E-state index in [0.29, 0.717) is 24.9 Å². The van der Waals surface area contributed by atoms with Crippen LogP contribution < -0.4 is 5.56 Å². The molecule has 25 heavy (non-hydrogen) atoms. The van der Waals surface area contributed by atoms with Crippen molar-refractivity contribution in [2.45, 2.75) is 31.9 Å². The van der Waals surface area contributed by atoms with Crippen LogP contribution in [-0.4, -0.2) is 14.7 Å². The monoisotopic (exact) mass is 330 g/mol. The van der Waals surface area contributed by atoms with E-state index < -0.39 is 5.60 Å². The summed E-state index contributed by atoms with van der Waals surface area (Å²) in [6, 6.07) is 12.1. The fourth-order valence-electron chi connectivity index (χ4n) is 4.07. The summed E-state index contributed by atoms with van der Waals surface area (Å²) in [5.41, 5.74) is 4.01. The highest BCUT2D eigenvalue weighted by atomic mass is 16.3. The van der Waals surface area contributed by atoms with Crippen LogP contribution in [0.5, 0.6) is 0 Å². The summed E-state index contributed by atoms with van der Waals surface area (Å²) in [6.07, 6.45) is 4.82. The van der Waals surface area contributed by atoms with Gasteiger partial charge in [-0.15, -0.1) is 0 Å². The maximum absolute atomic E-state index is 13.1. The number of benzene rings is 1. The number of allylic oxidation sites excluding steroid dienone is 1. The normalized spacial score (nSPS) is 20.4. The third kappa shape index (κ3) is 1.91. The molecule has 1 atom stereocenters. The van der Waals surface area contributed by atoms with E-state index in [9.17, 15) is 9.90 Å². The lowest BCUT2D eigenvalue weighted by Crippen LogP contribution is -2.33. The average Bonchev–Trinajstić information content (AvgIpc) is 2.99. The van der Waals surface area contributed by atoms with Crippen LogP contribution in [0.25, 0.3) is 22.3 Å². The molecule has 3 aromatic rings. The SMILES string of the molecule is CCC1(O)C=CCc2c1cc1n(c2=O)Cc2cc3ccccc3nc2-1. The van der Waals surface area contributed by atoms with Gasteiger partial charge in [-0.2, -0.15) is 0 Å². The first-order chi connectivity index (χ1) is 12.1. The largest absolute Gasteiger partial charge is 0.381 e. The van der Waals surface area contributed by atoms with E-state index >= 15 is 0 Å². The summed E-state index contributed by atoms with van der Waals surface area (Å²) >= 11 is 0. The van der Waals surface area contributed by atoms with Crippen molar-refractivity contribution in [3.8, 4) is 11.4 Å². The molecule has 0 saturated carbocycles. The van der Waals surface area contributed by atoms with Gasteiger partial charge in [0.05, 0.1) is 23.4 Å². The molecule has 1 aliphatic carbocycles. The van der Waals surface area contributed by atoms with Crippen LogP contribution in [0.1, 0.15) is 30.0 Å². The van der Waals surface area contributed by atoms with E-state index in [0.717, 1.165) is 33.4 Å². The molecule has 0 fully saturated rings. The summed E-state index contributed by atoms with van der Waals surface area (Å²) < 4.78 is 1.80. The van der Waals surface area contributed by atoms with Crippen LogP contribution in [0.2, 0.25) is 0 Å². The number of aromatic nitrogens is 2. The summed E-state index contributed by atoms with van der Waals surface area (Å²) in [5, 5.41) is 12.0. The minimum Gasteiger partial charge on any atom is -0.381 e. The van der Waals surface area contributed by atoms with E-state index in [1.165, 1.54) is 0 Å². The topological polar surface area (TPSA) is 55.1 Å². The Morgan fingerprint density at radius 2 is 2.12 bits per heavy atom. The van der Waals surface area contributed by atoms with Crippen LogP contribution in [0, 0.1) is 0 Å². The number of pyridine rings is 2. The van der Waals surface area contributed by atoms with Gasteiger partial charge in [-0.3, -0.25) is 4.79 Å². The number of hydrogen-bond donors (Lipinski definition) is 1. The molecule has 124 valence electrons. The first kappa shape index (κ1) is 14.6. The van der Waals surface area contributed by atoms with Crippen LogP contribution in [0.4, 0.5) is 0 Å². The van der Waals surface area contributed by atoms with Gasteiger partial charge in [-0.25, -0.2) is 4.98 Å². The number of hydrogen-bond acceptors (Lipinski definition) is 3. The highest BCUT2D eigenvalue weighted by Crippen LogP contribution is 2.38. The molecule has 3 heterocycles. The third-order valence-corrected chi connectivity index (χ3v) is 5.50. The molecule has 1 aliphatic heterocycles. The summed E-state index contributed by atoms with van der Waals surface area (Å²) in [5.74, 6) is 0. The number of aliphatic hydroxyl groups is 1. The maximum Gasteiger partial charge on any atom is 0.255 e. The van der Waals surface area contributed by atoms with Crippen molar-refractivity contribution >= 4 is 10.9 Å². The van der Waals surface area contributed by atoms with Gasteiger partial charge < -0.3 is 9.67 Å². The molecule has 1 unspecified atom stereocenters. The van der Waals surface area contributed by atoms with E-state index in [1.54, 1.807) is 4.57 Å². The van der Waals surface area contributed by atoms with E-state index in [-0.39, 0.29) is 5.56 Å². The zero-order valence-corrected chi connectivity index (χ0v) is 14.0. The Balaban J connectivity index is 1.81. The predicted octanol–water partition coefficient (Wildman–Crippen LogP) is 3.14. The average molecular weight is 330 g/mol. The zero-order chi connectivity index (χ0) is 17.2. The molecule has 0 spiro atoms. The van der Waals surface area contributed by atoms with Crippen molar-refractivity contribution in [1.82, 2.24) is 9.55 Å². The molecule has 4 heteroatoms. The molecule has 4 nitrogen and oxygen atoms in total. The minimum atomic E-state index is -1.07. The van der Waals surface area contributed by atoms with Crippen molar-refractivity contribution in [2.24, 2.45) is 0 Å². The van der Waals surface area contributed by atoms with Crippen molar-refractivity contribution in [3.63, 3.8) is 0 Å². The molecule has 2 aliphatic rings. The van der Waals surface area contributed by atoms with Gasteiger partial charge in [0.2, 0.25) is 0 Å². The number of nitrogens with zero attached hydrogens (tertiary/aromatic N) is 2. The first-order valence-corrected chi connectivity index (χ1v) is 8.67. The molecule has 0 amide bonds. The van der Waals surface area contributed by atoms with Crippen LogP contribution >= 0.6 is 0 Å². The molecule has 1 aromatic carbocycles. The molecule has 1 N–H and O–H groups in total. The fraction of sp³-hybridized carbons (Fsp3) is 0.238. The Morgan fingerprint density at radius 1 is 1.28 bits per heavy atom. The van der Waals surface area contributed by atoms with Crippen LogP contribution in [0.15, 0.2) is 53.3 Å². The van der Waals surface area contributed by atoms with E-state index in [2.05, 4.69) is 6.07 Å². The Hall–Kier alpha value is -2.72. The van der Waals surface area contributed by atoms with Crippen molar-refractivity contribution < 1.29 is 5.11 Å². The molecular weight excluding hydrogens is 312 g/mol. The number of para-hydroxylation sites is 1. The van der Waals surface area contributed by atoms with Gasteiger partial charge in [-0.1, -0.05) is 37.3 Å². The lowest BCUT2D eigenvalue weighted by Gasteiger charge is -2.29. The van der Waals surface area contributed by atoms with Crippen molar-refractivity contribution in [3.05, 3.63) is 75.6 Å². The quantitative estimate of drug-likeness (QED) is 0.546. The first-order valence-electron chi connectivity index (χ1n) is 8.67. The molecule has 2 aromatic heterocycles. The van der Waals surface area contributed by atoms with E-state index in [4.69, 9.17) is 4.98 Å². The number of rotatable bonds is 1. The van der Waals surface area contributed by atoms with Gasteiger partial charge in [-0.05, 0) is 36.6 Å². The minimum absolute atomic E-state index is 0.00854. The molecule has 0 saturated heterocycles. The van der Waals surface area contributed by atoms with Gasteiger partial charge in [0, 0.05) is 16.5 Å². The summed E-state index contributed by atoms with van der Waals surface area (Å²) in [6.45, 7) is 2.48. The summed E-state index contributed by atoms with van der Waals surface area (Å²) in [7, 11) is 0. The lowest BCUT2D eigenvalue weighted by atomic mass is 9.82. The third-order valence-electron chi connectivity index (χ3n) is 5.50. The molecule has 0 radical (unpaired) electrons. The highest BCUT2D eigenvalue weighted by Gasteiger charge is 2.34. The fourth-order valence-corrected chi connectivity index (χ4v) is 4.07. The standard InChI is InChI=1S/C21H18N2O2/c1-2-21(25)9-5-7-15-16(21)11-18-19-14(12-23(18)20(15)24)10-13-6-3-4-8-17(13)22-19/h3-6,8-11,25H,2,7,12H2,1H3. The predicted molar refractivity (Wildman–Crippen MR) is 97.6 cm³/mol. The Kier molecular flexibility index (Phi) is 2.86. The lowest BCUT2D eigenvalue weighted by molar-refractivity contribution is 0.0820. The molecular formula is C21H18N2O2. The Labute approximate surface area is 145 Å². The van der Waals surface area contributed by atoms with Crippen molar-refractivity contribution in [1.29, 1.82) is 0 Å². The maximum atomic E-state index is 13.1. The Morgan fingerprint density at radius 3 is 2.96 bits per heavy atom. The second-order valence-corrected chi connectivity index (χ2v) is 6.89. The van der Waals surface area contributed by atoms with Gasteiger partial charge >= 0.3 is 0 Å². The van der Waals surface area contributed by atoms with Gasteiger partial charge in [0.15, 0.2) is 0 Å². The van der Waals surface area contributed by atoms with Crippen LogP contribution in [-0.2, 0) is 18.6 Å². The second-order valence-electron chi connectivity index (χ2n) is 6.89. The smallest absolute Gasteiger partial charge is 0.255 e. The second kappa shape index (κ2) is 4.90.